The minimum absolute atomic E-state index is 0.0109. The lowest BCUT2D eigenvalue weighted by atomic mass is 9.71. The minimum Gasteiger partial charge on any atom is -0.493 e. The first kappa shape index (κ1) is 19.3. The molecule has 0 spiro atoms. The van der Waals surface area contributed by atoms with E-state index >= 15 is 0 Å². The van der Waals surface area contributed by atoms with Crippen molar-refractivity contribution in [1.82, 2.24) is 9.88 Å². The van der Waals surface area contributed by atoms with Crippen LogP contribution in [0.5, 0.6) is 11.5 Å². The third-order valence-electron chi connectivity index (χ3n) is 7.52. The fraction of sp³-hybridized carbons (Fsp3) is 0.417. The molecule has 2 saturated carbocycles. The van der Waals surface area contributed by atoms with Crippen molar-refractivity contribution in [2.45, 2.75) is 19.1 Å². The van der Waals surface area contributed by atoms with Gasteiger partial charge in [0.25, 0.3) is 0 Å². The summed E-state index contributed by atoms with van der Waals surface area (Å²) in [6.45, 7) is 0.263. The van der Waals surface area contributed by atoms with Crippen LogP contribution in [0.1, 0.15) is 17.5 Å². The van der Waals surface area contributed by atoms with Gasteiger partial charge in [0.1, 0.15) is 6.10 Å². The van der Waals surface area contributed by atoms with Crippen LogP contribution >= 0.6 is 0 Å². The SMILES string of the molecule is COc1cccc(C2=NO[C@H]3[C@H]4C[C@@H]([C@@H]23)[C@@H]2C(=O)N(Cc3cccnc3)C(=O)[C@H]42)c1OC. The number of fused-ring (bicyclic) bond motifs is 8. The molecule has 6 atom stereocenters. The quantitative estimate of drug-likeness (QED) is 0.672. The molecule has 164 valence electrons. The second kappa shape index (κ2) is 7.05. The van der Waals surface area contributed by atoms with E-state index in [2.05, 4.69) is 10.1 Å². The van der Waals surface area contributed by atoms with Crippen molar-refractivity contribution in [3.05, 3.63) is 53.9 Å². The molecule has 1 aromatic heterocycles. The van der Waals surface area contributed by atoms with E-state index in [9.17, 15) is 9.59 Å². The van der Waals surface area contributed by atoms with Crippen molar-refractivity contribution in [2.75, 3.05) is 14.2 Å². The molecular weight excluding hydrogens is 410 g/mol. The molecule has 2 bridgehead atoms. The standard InChI is InChI=1S/C24H23N3O5/c1-30-16-7-3-6-13(21(16)31-2)20-19-14-9-15(22(19)32-26-20)18-17(14)23(28)27(24(18)29)11-12-5-4-8-25-10-12/h3-8,10,14-15,17-19,22H,9,11H2,1-2H3/t14-,15+,17+,18-,19+,22+/m1/s1. The number of imide groups is 1. The van der Waals surface area contributed by atoms with E-state index in [4.69, 9.17) is 14.3 Å². The number of hydrogen-bond acceptors (Lipinski definition) is 7. The average Bonchev–Trinajstić information content (AvgIpc) is 3.56. The fourth-order valence-electron chi connectivity index (χ4n) is 6.33. The van der Waals surface area contributed by atoms with Gasteiger partial charge in [-0.25, -0.2) is 0 Å². The van der Waals surface area contributed by atoms with Crippen LogP contribution in [0.4, 0.5) is 0 Å². The summed E-state index contributed by atoms with van der Waals surface area (Å²) < 4.78 is 11.1. The molecule has 8 nitrogen and oxygen atoms in total. The summed E-state index contributed by atoms with van der Waals surface area (Å²) in [7, 11) is 3.20. The number of methoxy groups -OCH3 is 2. The highest BCUT2D eigenvalue weighted by Gasteiger charge is 2.70. The van der Waals surface area contributed by atoms with Crippen LogP contribution in [0.2, 0.25) is 0 Å². The van der Waals surface area contributed by atoms with Crippen LogP contribution < -0.4 is 9.47 Å². The van der Waals surface area contributed by atoms with E-state index in [1.54, 1.807) is 26.6 Å². The van der Waals surface area contributed by atoms with Gasteiger partial charge >= 0.3 is 0 Å². The molecule has 6 rings (SSSR count). The van der Waals surface area contributed by atoms with Gasteiger partial charge < -0.3 is 14.3 Å². The number of oxime groups is 1. The Labute approximate surface area is 185 Å². The van der Waals surface area contributed by atoms with Crippen molar-refractivity contribution in [1.29, 1.82) is 0 Å². The number of hydrogen-bond donors (Lipinski definition) is 0. The summed E-state index contributed by atoms with van der Waals surface area (Å²) in [4.78, 5) is 38.1. The third kappa shape index (κ3) is 2.49. The fourth-order valence-corrected chi connectivity index (χ4v) is 6.33. The molecule has 1 aromatic carbocycles. The Hall–Kier alpha value is -3.42. The first-order valence-electron chi connectivity index (χ1n) is 10.8. The molecule has 2 aliphatic heterocycles. The van der Waals surface area contributed by atoms with E-state index in [0.29, 0.717) is 11.5 Å². The largest absolute Gasteiger partial charge is 0.493 e. The van der Waals surface area contributed by atoms with Gasteiger partial charge in [0, 0.05) is 29.8 Å². The number of carbonyl (C=O) groups is 2. The zero-order valence-electron chi connectivity index (χ0n) is 17.8. The van der Waals surface area contributed by atoms with Crippen molar-refractivity contribution >= 4 is 17.5 Å². The van der Waals surface area contributed by atoms with E-state index in [1.165, 1.54) is 4.90 Å². The molecule has 3 heterocycles. The van der Waals surface area contributed by atoms with E-state index < -0.39 is 0 Å². The third-order valence-corrected chi connectivity index (χ3v) is 7.52. The maximum absolute atomic E-state index is 13.4. The molecule has 4 aliphatic rings. The lowest BCUT2D eigenvalue weighted by Gasteiger charge is -2.30. The van der Waals surface area contributed by atoms with Crippen LogP contribution in [-0.2, 0) is 21.0 Å². The molecular formula is C24H23N3O5. The zero-order valence-corrected chi connectivity index (χ0v) is 17.8. The lowest BCUT2D eigenvalue weighted by molar-refractivity contribution is -0.141. The number of rotatable bonds is 5. The smallest absolute Gasteiger partial charge is 0.233 e. The van der Waals surface area contributed by atoms with Crippen molar-refractivity contribution in [3.8, 4) is 11.5 Å². The summed E-state index contributed by atoms with van der Waals surface area (Å²) in [6, 6.07) is 9.36. The van der Waals surface area contributed by atoms with Gasteiger partial charge in [0.15, 0.2) is 11.5 Å². The van der Waals surface area contributed by atoms with E-state index in [-0.39, 0.29) is 54.1 Å². The number of ether oxygens (including phenoxy) is 2. The second-order valence-corrected chi connectivity index (χ2v) is 8.85. The topological polar surface area (TPSA) is 90.3 Å². The first-order valence-corrected chi connectivity index (χ1v) is 10.8. The lowest BCUT2D eigenvalue weighted by Crippen LogP contribution is -2.41. The highest BCUT2D eigenvalue weighted by Crippen LogP contribution is 2.62. The molecule has 0 radical (unpaired) electrons. The first-order chi connectivity index (χ1) is 15.6. The van der Waals surface area contributed by atoms with Gasteiger partial charge in [-0.1, -0.05) is 17.3 Å². The van der Waals surface area contributed by atoms with Gasteiger partial charge in [-0.05, 0) is 36.1 Å². The summed E-state index contributed by atoms with van der Waals surface area (Å²) >= 11 is 0. The molecule has 8 heteroatoms. The van der Waals surface area contributed by atoms with Gasteiger partial charge in [0.2, 0.25) is 11.8 Å². The number of benzene rings is 1. The Morgan fingerprint density at radius 1 is 1.03 bits per heavy atom. The molecule has 3 fully saturated rings. The van der Waals surface area contributed by atoms with Crippen molar-refractivity contribution in [2.24, 2.45) is 34.7 Å². The Morgan fingerprint density at radius 3 is 2.56 bits per heavy atom. The van der Waals surface area contributed by atoms with Crippen molar-refractivity contribution in [3.63, 3.8) is 0 Å². The summed E-state index contributed by atoms with van der Waals surface area (Å²) in [5, 5.41) is 4.42. The Bertz CT molecular complexity index is 1130. The van der Waals surface area contributed by atoms with Crippen LogP contribution in [0.15, 0.2) is 47.9 Å². The Morgan fingerprint density at radius 2 is 1.84 bits per heavy atom. The van der Waals surface area contributed by atoms with E-state index in [1.807, 2.05) is 30.3 Å². The minimum atomic E-state index is -0.327. The summed E-state index contributed by atoms with van der Waals surface area (Å²) in [6.07, 6.45) is 3.98. The van der Waals surface area contributed by atoms with Crippen LogP contribution in [0, 0.1) is 29.6 Å². The number of para-hydroxylation sites is 1. The van der Waals surface area contributed by atoms with Crippen LogP contribution in [-0.4, -0.2) is 47.7 Å². The highest BCUT2D eigenvalue weighted by molar-refractivity contribution is 6.10. The number of aromatic nitrogens is 1. The van der Waals surface area contributed by atoms with Gasteiger partial charge in [-0.15, -0.1) is 0 Å². The molecule has 2 amide bonds. The second-order valence-electron chi connectivity index (χ2n) is 8.85. The van der Waals surface area contributed by atoms with E-state index in [0.717, 1.165) is 23.3 Å². The monoisotopic (exact) mass is 433 g/mol. The number of likely N-dealkylation sites (tertiary alicyclic amines) is 1. The number of amides is 2. The highest BCUT2D eigenvalue weighted by atomic mass is 16.6. The molecule has 2 aliphatic carbocycles. The predicted octanol–water partition coefficient (Wildman–Crippen LogP) is 2.27. The normalized spacial score (nSPS) is 31.9. The molecule has 0 N–H and O–H groups in total. The number of pyridine rings is 1. The van der Waals surface area contributed by atoms with Gasteiger partial charge in [-0.3, -0.25) is 19.5 Å². The predicted molar refractivity (Wildman–Crippen MR) is 113 cm³/mol. The van der Waals surface area contributed by atoms with Gasteiger partial charge in [0.05, 0.1) is 38.3 Å². The summed E-state index contributed by atoms with van der Waals surface area (Å²) in [5.74, 6) is 0.352. The van der Waals surface area contributed by atoms with Gasteiger partial charge in [-0.2, -0.15) is 0 Å². The Kier molecular flexibility index (Phi) is 4.25. The van der Waals surface area contributed by atoms with Crippen molar-refractivity contribution < 1.29 is 23.9 Å². The molecule has 32 heavy (non-hydrogen) atoms. The maximum Gasteiger partial charge on any atom is 0.233 e. The molecule has 0 unspecified atom stereocenters. The molecule has 1 saturated heterocycles. The number of carbonyl (C=O) groups excluding carboxylic acids is 2. The Balaban J connectivity index is 1.32. The molecule has 2 aromatic rings. The number of nitrogens with zero attached hydrogens (tertiary/aromatic N) is 3. The van der Waals surface area contributed by atoms with Crippen LogP contribution in [0.25, 0.3) is 0 Å². The maximum atomic E-state index is 13.4. The summed E-state index contributed by atoms with van der Waals surface area (Å²) in [5.41, 5.74) is 2.44. The van der Waals surface area contributed by atoms with Crippen LogP contribution in [0.3, 0.4) is 0 Å². The zero-order chi connectivity index (χ0) is 22.0. The average molecular weight is 433 g/mol.